The zero-order valence-electron chi connectivity index (χ0n) is 5.79. The number of thiol groups is 1. The fourth-order valence-corrected chi connectivity index (χ4v) is 2.11. The van der Waals surface area contributed by atoms with Gasteiger partial charge in [-0.15, -0.1) is 0 Å². The minimum atomic E-state index is 0.384. The number of hydrogen-bond acceptors (Lipinski definition) is 2. The van der Waals surface area contributed by atoms with Crippen molar-refractivity contribution in [3.63, 3.8) is 0 Å². The smallest absolute Gasteiger partial charge is 0.0358 e. The normalized spacial score (nSPS) is 43.9. The molecule has 0 aromatic heterocycles. The van der Waals surface area contributed by atoms with E-state index in [1.807, 2.05) is 0 Å². The Morgan fingerprint density at radius 2 is 2.11 bits per heavy atom. The zero-order chi connectivity index (χ0) is 7.02. The lowest BCUT2D eigenvalue weighted by atomic mass is 10.0. The van der Waals surface area contributed by atoms with Crippen molar-refractivity contribution in [3.05, 3.63) is 0 Å². The molecular weight excluding hydrogens is 148 g/mol. The first-order valence-electron chi connectivity index (χ1n) is 3.33. The molecule has 1 rings (SSSR count). The highest BCUT2D eigenvalue weighted by Crippen LogP contribution is 2.32. The van der Waals surface area contributed by atoms with E-state index in [1.165, 1.54) is 0 Å². The highest BCUT2D eigenvalue weighted by Gasteiger charge is 2.31. The molecule has 0 aliphatic heterocycles. The van der Waals surface area contributed by atoms with Crippen molar-refractivity contribution < 1.29 is 0 Å². The lowest BCUT2D eigenvalue weighted by Crippen LogP contribution is -2.11. The molecule has 3 atom stereocenters. The van der Waals surface area contributed by atoms with E-state index in [2.05, 4.69) is 26.5 Å². The van der Waals surface area contributed by atoms with Gasteiger partial charge in [0, 0.05) is 10.1 Å². The maximum absolute atomic E-state index is 5.12. The second-order valence-electron chi connectivity index (χ2n) is 2.95. The van der Waals surface area contributed by atoms with Crippen molar-refractivity contribution in [2.45, 2.75) is 25.5 Å². The van der Waals surface area contributed by atoms with Crippen LogP contribution in [0.15, 0.2) is 0 Å². The molecule has 1 aliphatic rings. The Bertz CT molecular complexity index is 131. The van der Waals surface area contributed by atoms with Gasteiger partial charge in [-0.05, 0) is 18.3 Å². The third-order valence-electron chi connectivity index (χ3n) is 2.25. The van der Waals surface area contributed by atoms with Crippen LogP contribution in [0.3, 0.4) is 0 Å². The van der Waals surface area contributed by atoms with Gasteiger partial charge in [-0.1, -0.05) is 26.1 Å². The fraction of sp³-hybridized carbons (Fsp3) is 0.857. The Morgan fingerprint density at radius 1 is 1.56 bits per heavy atom. The lowest BCUT2D eigenvalue weighted by molar-refractivity contribution is 0.464. The second kappa shape index (κ2) is 2.59. The van der Waals surface area contributed by atoms with E-state index in [9.17, 15) is 0 Å². The van der Waals surface area contributed by atoms with Crippen LogP contribution in [-0.4, -0.2) is 10.1 Å². The molecule has 0 aromatic carbocycles. The molecule has 0 radical (unpaired) electrons. The molecular formula is C7H12S2. The summed E-state index contributed by atoms with van der Waals surface area (Å²) in [6.07, 6.45) is 1.10. The van der Waals surface area contributed by atoms with Crippen LogP contribution in [0.1, 0.15) is 20.3 Å². The van der Waals surface area contributed by atoms with Crippen molar-refractivity contribution >= 4 is 29.7 Å². The van der Waals surface area contributed by atoms with Gasteiger partial charge in [0.25, 0.3) is 0 Å². The summed E-state index contributed by atoms with van der Waals surface area (Å²) in [7, 11) is 0. The lowest BCUT2D eigenvalue weighted by Gasteiger charge is -2.10. The van der Waals surface area contributed by atoms with E-state index in [0.29, 0.717) is 11.2 Å². The predicted octanol–water partition coefficient (Wildman–Crippen LogP) is 2.33. The minimum Gasteiger partial charge on any atom is -0.170 e. The number of rotatable bonds is 0. The molecule has 0 N–H and O–H groups in total. The summed E-state index contributed by atoms with van der Waals surface area (Å²) in [5.74, 6) is 1.43. The average Bonchev–Trinajstić information content (AvgIpc) is 1.98. The Hall–Kier alpha value is 0.440. The molecule has 2 heteroatoms. The Labute approximate surface area is 67.4 Å². The van der Waals surface area contributed by atoms with Gasteiger partial charge in [-0.25, -0.2) is 0 Å². The van der Waals surface area contributed by atoms with Crippen molar-refractivity contribution in [2.24, 2.45) is 11.8 Å². The van der Waals surface area contributed by atoms with Crippen molar-refractivity contribution in [1.82, 2.24) is 0 Å². The standard InChI is InChI=1S/C7H12S2/c1-4-3-6(8)7(9)5(4)2/h4-5,7,9H,3H2,1-2H3. The van der Waals surface area contributed by atoms with Crippen molar-refractivity contribution in [1.29, 1.82) is 0 Å². The van der Waals surface area contributed by atoms with Gasteiger partial charge in [0.05, 0.1) is 0 Å². The van der Waals surface area contributed by atoms with E-state index < -0.39 is 0 Å². The predicted molar refractivity (Wildman–Crippen MR) is 48.3 cm³/mol. The molecule has 0 heterocycles. The molecule has 0 saturated heterocycles. The number of hydrogen-bond donors (Lipinski definition) is 1. The second-order valence-corrected chi connectivity index (χ2v) is 4.03. The molecule has 0 spiro atoms. The van der Waals surface area contributed by atoms with Gasteiger partial charge in [-0.2, -0.15) is 12.6 Å². The third-order valence-corrected chi connectivity index (χ3v) is 3.63. The maximum Gasteiger partial charge on any atom is 0.0358 e. The topological polar surface area (TPSA) is 0 Å². The largest absolute Gasteiger partial charge is 0.170 e. The quantitative estimate of drug-likeness (QED) is 0.419. The molecule has 0 amide bonds. The van der Waals surface area contributed by atoms with Crippen LogP contribution in [0, 0.1) is 11.8 Å². The fourth-order valence-electron chi connectivity index (χ4n) is 1.23. The SMILES string of the molecule is CC1CC(=S)C(S)C1C. The van der Waals surface area contributed by atoms with E-state index in [-0.39, 0.29) is 0 Å². The van der Waals surface area contributed by atoms with Crippen LogP contribution < -0.4 is 0 Å². The van der Waals surface area contributed by atoms with Crippen molar-refractivity contribution in [3.8, 4) is 0 Å². The average molecular weight is 160 g/mol. The summed E-state index contributed by atoms with van der Waals surface area (Å²) in [4.78, 5) is 1.15. The van der Waals surface area contributed by atoms with Gasteiger partial charge in [0.2, 0.25) is 0 Å². The molecule has 9 heavy (non-hydrogen) atoms. The van der Waals surface area contributed by atoms with Crippen LogP contribution >= 0.6 is 24.8 Å². The van der Waals surface area contributed by atoms with Gasteiger partial charge in [-0.3, -0.25) is 0 Å². The Balaban J connectivity index is 2.65. The molecule has 52 valence electrons. The monoisotopic (exact) mass is 160 g/mol. The van der Waals surface area contributed by atoms with E-state index in [1.54, 1.807) is 0 Å². The summed E-state index contributed by atoms with van der Waals surface area (Å²) < 4.78 is 0. The first kappa shape index (κ1) is 7.55. The summed E-state index contributed by atoms with van der Waals surface area (Å²) in [6, 6.07) is 0. The summed E-state index contributed by atoms with van der Waals surface area (Å²) >= 11 is 9.52. The van der Waals surface area contributed by atoms with Crippen LogP contribution in [0.4, 0.5) is 0 Å². The van der Waals surface area contributed by atoms with E-state index >= 15 is 0 Å². The first-order valence-corrected chi connectivity index (χ1v) is 4.26. The molecule has 3 unspecified atom stereocenters. The maximum atomic E-state index is 5.12. The highest BCUT2D eigenvalue weighted by atomic mass is 32.1. The molecule has 1 fully saturated rings. The van der Waals surface area contributed by atoms with Crippen LogP contribution in [-0.2, 0) is 0 Å². The molecule has 0 bridgehead atoms. The summed E-state index contributed by atoms with van der Waals surface area (Å²) in [6.45, 7) is 4.47. The third kappa shape index (κ3) is 1.30. The number of thiocarbonyl (C=S) groups is 1. The first-order chi connectivity index (χ1) is 4.13. The summed E-state index contributed by atoms with van der Waals surface area (Å²) in [5, 5.41) is 0.384. The zero-order valence-corrected chi connectivity index (χ0v) is 7.51. The van der Waals surface area contributed by atoms with Crippen LogP contribution in [0.2, 0.25) is 0 Å². The van der Waals surface area contributed by atoms with Crippen molar-refractivity contribution in [2.75, 3.05) is 0 Å². The van der Waals surface area contributed by atoms with Gasteiger partial charge < -0.3 is 0 Å². The highest BCUT2D eigenvalue weighted by molar-refractivity contribution is 7.86. The molecule has 0 aromatic rings. The molecule has 1 aliphatic carbocycles. The van der Waals surface area contributed by atoms with Gasteiger partial charge >= 0.3 is 0 Å². The van der Waals surface area contributed by atoms with Crippen LogP contribution in [0.5, 0.6) is 0 Å². The van der Waals surface area contributed by atoms with Gasteiger partial charge in [0.15, 0.2) is 0 Å². The van der Waals surface area contributed by atoms with E-state index in [4.69, 9.17) is 12.2 Å². The summed E-state index contributed by atoms with van der Waals surface area (Å²) in [5.41, 5.74) is 0. The molecule has 1 saturated carbocycles. The Kier molecular flexibility index (Phi) is 2.17. The van der Waals surface area contributed by atoms with Crippen LogP contribution in [0.25, 0.3) is 0 Å². The van der Waals surface area contributed by atoms with E-state index in [0.717, 1.165) is 17.2 Å². The minimum absolute atomic E-state index is 0.384. The van der Waals surface area contributed by atoms with Gasteiger partial charge in [0.1, 0.15) is 0 Å². The Morgan fingerprint density at radius 3 is 2.22 bits per heavy atom. The molecule has 0 nitrogen and oxygen atoms in total.